The normalized spacial score (nSPS) is 13.1. The molecule has 0 saturated heterocycles. The third-order valence-electron chi connectivity index (χ3n) is 2.42. The molecule has 1 nitrogen and oxygen atoms in total. The maximum atomic E-state index is 3.56. The van der Waals surface area contributed by atoms with Crippen LogP contribution < -0.4 is 5.32 Å². The lowest BCUT2D eigenvalue weighted by molar-refractivity contribution is 0.515. The first-order chi connectivity index (χ1) is 6.69. The molecule has 0 fully saturated rings. The molecule has 0 bridgehead atoms. The van der Waals surface area contributed by atoms with E-state index in [2.05, 4.69) is 39.1 Å². The molecule has 1 rings (SSSR count). The minimum absolute atomic E-state index is 0.573. The Bertz CT molecular complexity index is 272. The van der Waals surface area contributed by atoms with Crippen LogP contribution in [0.15, 0.2) is 6.07 Å². The Labute approximate surface area is 91.5 Å². The predicted molar refractivity (Wildman–Crippen MR) is 65.1 cm³/mol. The van der Waals surface area contributed by atoms with Gasteiger partial charge in [-0.3, -0.25) is 0 Å². The molecule has 1 N–H and O–H groups in total. The highest BCUT2D eigenvalue weighted by atomic mass is 32.1. The molecule has 0 aliphatic rings. The summed E-state index contributed by atoms with van der Waals surface area (Å²) >= 11 is 1.94. The molecular formula is C12H21NS. The van der Waals surface area contributed by atoms with Crippen molar-refractivity contribution in [2.75, 3.05) is 6.54 Å². The zero-order valence-corrected chi connectivity index (χ0v) is 10.5. The van der Waals surface area contributed by atoms with Gasteiger partial charge in [0.25, 0.3) is 0 Å². The molecule has 0 saturated carbocycles. The van der Waals surface area contributed by atoms with Gasteiger partial charge < -0.3 is 5.32 Å². The van der Waals surface area contributed by atoms with Crippen molar-refractivity contribution in [1.29, 1.82) is 0 Å². The molecule has 1 unspecified atom stereocenters. The second-order valence-electron chi connectivity index (χ2n) is 3.80. The SMILES string of the molecule is CCCC(NCC)c1sc(C)cc1C. The summed E-state index contributed by atoms with van der Waals surface area (Å²) < 4.78 is 0. The van der Waals surface area contributed by atoms with Crippen molar-refractivity contribution >= 4 is 11.3 Å². The lowest BCUT2D eigenvalue weighted by atomic mass is 10.1. The van der Waals surface area contributed by atoms with Crippen molar-refractivity contribution in [2.45, 2.75) is 46.6 Å². The average molecular weight is 211 g/mol. The van der Waals surface area contributed by atoms with Crippen molar-refractivity contribution in [2.24, 2.45) is 0 Å². The van der Waals surface area contributed by atoms with Crippen molar-refractivity contribution in [1.82, 2.24) is 5.32 Å². The summed E-state index contributed by atoms with van der Waals surface area (Å²) in [5.41, 5.74) is 1.45. The van der Waals surface area contributed by atoms with E-state index < -0.39 is 0 Å². The average Bonchev–Trinajstić information content (AvgIpc) is 2.45. The van der Waals surface area contributed by atoms with Crippen LogP contribution in [0.5, 0.6) is 0 Å². The Morgan fingerprint density at radius 1 is 1.36 bits per heavy atom. The highest BCUT2D eigenvalue weighted by molar-refractivity contribution is 7.12. The fourth-order valence-corrected chi connectivity index (χ4v) is 3.01. The highest BCUT2D eigenvalue weighted by Crippen LogP contribution is 2.29. The van der Waals surface area contributed by atoms with Crippen LogP contribution >= 0.6 is 11.3 Å². The third-order valence-corrected chi connectivity index (χ3v) is 3.69. The standard InChI is InChI=1S/C12H21NS/c1-5-7-11(13-6-2)12-9(3)8-10(4)14-12/h8,11,13H,5-7H2,1-4H3. The number of rotatable bonds is 5. The van der Waals surface area contributed by atoms with E-state index >= 15 is 0 Å². The quantitative estimate of drug-likeness (QED) is 0.781. The van der Waals surface area contributed by atoms with Crippen molar-refractivity contribution in [3.05, 3.63) is 21.4 Å². The molecule has 14 heavy (non-hydrogen) atoms. The van der Waals surface area contributed by atoms with Gasteiger partial charge >= 0.3 is 0 Å². The fourth-order valence-electron chi connectivity index (χ4n) is 1.87. The summed E-state index contributed by atoms with van der Waals surface area (Å²) in [4.78, 5) is 2.96. The lowest BCUT2D eigenvalue weighted by Gasteiger charge is -2.16. The molecule has 1 atom stereocenters. The fraction of sp³-hybridized carbons (Fsp3) is 0.667. The van der Waals surface area contributed by atoms with Gasteiger partial charge in [0.2, 0.25) is 0 Å². The first kappa shape index (κ1) is 11.7. The van der Waals surface area contributed by atoms with Crippen LogP contribution in [0, 0.1) is 13.8 Å². The Hall–Kier alpha value is -0.340. The van der Waals surface area contributed by atoms with E-state index in [9.17, 15) is 0 Å². The molecule has 1 heterocycles. The Balaban J connectivity index is 2.80. The number of aryl methyl sites for hydroxylation is 2. The van der Waals surface area contributed by atoms with Gasteiger partial charge in [-0.2, -0.15) is 0 Å². The van der Waals surface area contributed by atoms with E-state index in [1.54, 1.807) is 0 Å². The number of thiophene rings is 1. The van der Waals surface area contributed by atoms with Crippen LogP contribution in [0.1, 0.15) is 48.0 Å². The first-order valence-corrected chi connectivity index (χ1v) is 6.31. The first-order valence-electron chi connectivity index (χ1n) is 5.49. The summed E-state index contributed by atoms with van der Waals surface area (Å²) in [5.74, 6) is 0. The largest absolute Gasteiger partial charge is 0.310 e. The Kier molecular flexibility index (Phi) is 4.63. The second kappa shape index (κ2) is 5.52. The summed E-state index contributed by atoms with van der Waals surface area (Å²) in [6, 6.07) is 2.86. The summed E-state index contributed by atoms with van der Waals surface area (Å²) in [5, 5.41) is 3.56. The van der Waals surface area contributed by atoms with E-state index in [1.165, 1.54) is 28.2 Å². The number of hydrogen-bond acceptors (Lipinski definition) is 2. The third kappa shape index (κ3) is 2.82. The van der Waals surface area contributed by atoms with Gasteiger partial charge in [0, 0.05) is 15.8 Å². The summed E-state index contributed by atoms with van der Waals surface area (Å²) in [7, 11) is 0. The summed E-state index contributed by atoms with van der Waals surface area (Å²) in [6.45, 7) is 9.90. The van der Waals surface area contributed by atoms with E-state index in [-0.39, 0.29) is 0 Å². The predicted octanol–water partition coefficient (Wildman–Crippen LogP) is 3.82. The van der Waals surface area contributed by atoms with Gasteiger partial charge in [0.05, 0.1) is 0 Å². The van der Waals surface area contributed by atoms with Crippen LogP contribution in [-0.4, -0.2) is 6.54 Å². The van der Waals surface area contributed by atoms with Crippen molar-refractivity contribution in [3.63, 3.8) is 0 Å². The minimum atomic E-state index is 0.573. The molecular weight excluding hydrogens is 190 g/mol. The Morgan fingerprint density at radius 2 is 2.07 bits per heavy atom. The maximum absolute atomic E-state index is 3.56. The van der Waals surface area contributed by atoms with Gasteiger partial charge in [-0.25, -0.2) is 0 Å². The smallest absolute Gasteiger partial charge is 0.0417 e. The Morgan fingerprint density at radius 3 is 2.50 bits per heavy atom. The van der Waals surface area contributed by atoms with E-state index in [4.69, 9.17) is 0 Å². The highest BCUT2D eigenvalue weighted by Gasteiger charge is 2.13. The van der Waals surface area contributed by atoms with E-state index in [0.29, 0.717) is 6.04 Å². The lowest BCUT2D eigenvalue weighted by Crippen LogP contribution is -2.20. The van der Waals surface area contributed by atoms with E-state index in [1.807, 2.05) is 11.3 Å². The van der Waals surface area contributed by atoms with Gasteiger partial charge in [-0.1, -0.05) is 20.3 Å². The van der Waals surface area contributed by atoms with Crippen LogP contribution in [0.4, 0.5) is 0 Å². The molecule has 0 aromatic carbocycles. The molecule has 0 aliphatic carbocycles. The van der Waals surface area contributed by atoms with Crippen molar-refractivity contribution in [3.8, 4) is 0 Å². The zero-order chi connectivity index (χ0) is 10.6. The molecule has 2 heteroatoms. The number of nitrogens with one attached hydrogen (secondary N) is 1. The van der Waals surface area contributed by atoms with Gasteiger partial charge in [-0.15, -0.1) is 11.3 Å². The molecule has 1 aromatic heterocycles. The van der Waals surface area contributed by atoms with E-state index in [0.717, 1.165) is 6.54 Å². The van der Waals surface area contributed by atoms with Gasteiger partial charge in [-0.05, 0) is 38.4 Å². The molecule has 0 aliphatic heterocycles. The molecule has 0 spiro atoms. The zero-order valence-electron chi connectivity index (χ0n) is 9.68. The second-order valence-corrected chi connectivity index (χ2v) is 5.09. The molecule has 0 amide bonds. The van der Waals surface area contributed by atoms with Crippen LogP contribution in [0.25, 0.3) is 0 Å². The van der Waals surface area contributed by atoms with Crippen molar-refractivity contribution < 1.29 is 0 Å². The van der Waals surface area contributed by atoms with Crippen LogP contribution in [0.2, 0.25) is 0 Å². The monoisotopic (exact) mass is 211 g/mol. The van der Waals surface area contributed by atoms with Crippen LogP contribution in [0.3, 0.4) is 0 Å². The van der Waals surface area contributed by atoms with Crippen LogP contribution in [-0.2, 0) is 0 Å². The van der Waals surface area contributed by atoms with Gasteiger partial charge in [0.1, 0.15) is 0 Å². The number of hydrogen-bond donors (Lipinski definition) is 1. The maximum Gasteiger partial charge on any atom is 0.0417 e. The summed E-state index contributed by atoms with van der Waals surface area (Å²) in [6.07, 6.45) is 2.49. The molecule has 0 radical (unpaired) electrons. The molecule has 80 valence electrons. The van der Waals surface area contributed by atoms with Gasteiger partial charge in [0.15, 0.2) is 0 Å². The minimum Gasteiger partial charge on any atom is -0.310 e. The molecule has 1 aromatic rings. The topological polar surface area (TPSA) is 12.0 Å².